The molecule has 0 aromatic rings. The molecule has 1 aliphatic rings. The van der Waals surface area contributed by atoms with Gasteiger partial charge in [-0.25, -0.2) is 0 Å². The highest BCUT2D eigenvalue weighted by Gasteiger charge is 2.35. The fraction of sp³-hybridized carbons (Fsp3) is 0.909. The Morgan fingerprint density at radius 3 is 2.12 bits per heavy atom. The Balaban J connectivity index is 2.50. The van der Waals surface area contributed by atoms with E-state index in [-0.39, 0.29) is 18.1 Å². The average Bonchev–Trinajstić information content (AvgIpc) is 2.64. The van der Waals surface area contributed by atoms with Crippen LogP contribution in [0.4, 0.5) is 0 Å². The first-order valence-corrected chi connectivity index (χ1v) is 6.33. The van der Waals surface area contributed by atoms with Crippen LogP contribution in [0.2, 0.25) is 0 Å². The highest BCUT2D eigenvalue weighted by Crippen LogP contribution is 2.17. The van der Waals surface area contributed by atoms with Gasteiger partial charge in [0.15, 0.2) is 0 Å². The van der Waals surface area contributed by atoms with Gasteiger partial charge in [-0.1, -0.05) is 0 Å². The zero-order valence-corrected chi connectivity index (χ0v) is 10.7. The molecule has 94 valence electrons. The molecule has 1 saturated heterocycles. The lowest BCUT2D eigenvalue weighted by atomic mass is 10.2. The molecule has 1 aliphatic heterocycles. The molecule has 0 aliphatic carbocycles. The molecule has 0 N–H and O–H groups in total. The molecule has 0 aromatic carbocycles. The monoisotopic (exact) mass is 249 g/mol. The Hall–Kier alpha value is -0.320. The van der Waals surface area contributed by atoms with Gasteiger partial charge in [0.25, 0.3) is 0 Å². The zero-order valence-electron chi connectivity index (χ0n) is 9.95. The van der Waals surface area contributed by atoms with Crippen molar-refractivity contribution in [2.75, 3.05) is 32.2 Å². The van der Waals surface area contributed by atoms with E-state index < -0.39 is 0 Å². The van der Waals surface area contributed by atoms with Gasteiger partial charge in [0, 0.05) is 38.6 Å². The normalized spacial score (nSPS) is 25.1. The van der Waals surface area contributed by atoms with Gasteiger partial charge in [0.1, 0.15) is 12.2 Å². The Morgan fingerprint density at radius 2 is 1.75 bits per heavy atom. The van der Waals surface area contributed by atoms with E-state index in [1.807, 2.05) is 13.8 Å². The van der Waals surface area contributed by atoms with Crippen LogP contribution in [-0.4, -0.2) is 55.2 Å². The van der Waals surface area contributed by atoms with Crippen molar-refractivity contribution in [3.63, 3.8) is 0 Å². The van der Waals surface area contributed by atoms with E-state index in [2.05, 4.69) is 0 Å². The maximum Gasteiger partial charge on any atom is 0.223 e. The second kappa shape index (κ2) is 7.09. The Bertz CT molecular complexity index is 211. The standard InChI is InChI=1S/C11H20ClNO3/c1-3-15-9-7-13(11(14)5-6-12)8-10(9)16-4-2/h9-10H,3-8H2,1-2H3. The maximum absolute atomic E-state index is 11.7. The van der Waals surface area contributed by atoms with Crippen LogP contribution < -0.4 is 0 Å². The van der Waals surface area contributed by atoms with E-state index in [4.69, 9.17) is 21.1 Å². The molecule has 1 rings (SSSR count). The predicted octanol–water partition coefficient (Wildman–Crippen LogP) is 1.27. The third-order valence-electron chi connectivity index (χ3n) is 2.64. The number of alkyl halides is 1. The fourth-order valence-corrected chi connectivity index (χ4v) is 2.10. The summed E-state index contributed by atoms with van der Waals surface area (Å²) < 4.78 is 11.1. The summed E-state index contributed by atoms with van der Waals surface area (Å²) in [5.41, 5.74) is 0. The first-order chi connectivity index (χ1) is 7.72. The molecular weight excluding hydrogens is 230 g/mol. The molecule has 4 nitrogen and oxygen atoms in total. The van der Waals surface area contributed by atoms with Gasteiger partial charge in [-0.05, 0) is 13.8 Å². The van der Waals surface area contributed by atoms with E-state index in [9.17, 15) is 4.79 Å². The van der Waals surface area contributed by atoms with Crippen LogP contribution in [0.1, 0.15) is 20.3 Å². The molecule has 1 heterocycles. The Morgan fingerprint density at radius 1 is 1.25 bits per heavy atom. The molecule has 2 unspecified atom stereocenters. The number of carbonyl (C=O) groups is 1. The summed E-state index contributed by atoms with van der Waals surface area (Å²) in [4.78, 5) is 13.5. The van der Waals surface area contributed by atoms with Gasteiger partial charge in [0.2, 0.25) is 5.91 Å². The highest BCUT2D eigenvalue weighted by atomic mass is 35.5. The summed E-state index contributed by atoms with van der Waals surface area (Å²) in [6.45, 7) is 6.43. The van der Waals surface area contributed by atoms with Crippen molar-refractivity contribution in [2.24, 2.45) is 0 Å². The number of hydrogen-bond acceptors (Lipinski definition) is 3. The highest BCUT2D eigenvalue weighted by molar-refractivity contribution is 6.18. The number of hydrogen-bond donors (Lipinski definition) is 0. The quantitative estimate of drug-likeness (QED) is 0.666. The van der Waals surface area contributed by atoms with Crippen LogP contribution in [-0.2, 0) is 14.3 Å². The van der Waals surface area contributed by atoms with Gasteiger partial charge in [-0.2, -0.15) is 0 Å². The number of ether oxygens (including phenoxy) is 2. The predicted molar refractivity (Wildman–Crippen MR) is 62.7 cm³/mol. The lowest BCUT2D eigenvalue weighted by Crippen LogP contribution is -2.30. The molecule has 16 heavy (non-hydrogen) atoms. The van der Waals surface area contributed by atoms with Crippen LogP contribution in [0, 0.1) is 0 Å². The molecule has 0 aromatic heterocycles. The molecule has 5 heteroatoms. The van der Waals surface area contributed by atoms with Crippen molar-refractivity contribution in [3.05, 3.63) is 0 Å². The van der Waals surface area contributed by atoms with E-state index >= 15 is 0 Å². The van der Waals surface area contributed by atoms with E-state index in [1.165, 1.54) is 0 Å². The van der Waals surface area contributed by atoms with Crippen molar-refractivity contribution in [1.29, 1.82) is 0 Å². The van der Waals surface area contributed by atoms with Crippen molar-refractivity contribution < 1.29 is 14.3 Å². The van der Waals surface area contributed by atoms with E-state index in [0.29, 0.717) is 38.6 Å². The largest absolute Gasteiger partial charge is 0.374 e. The minimum atomic E-state index is 0.00391. The molecule has 0 saturated carbocycles. The van der Waals surface area contributed by atoms with E-state index in [1.54, 1.807) is 4.90 Å². The molecular formula is C11H20ClNO3. The van der Waals surface area contributed by atoms with Crippen LogP contribution >= 0.6 is 11.6 Å². The number of halogens is 1. The summed E-state index contributed by atoms with van der Waals surface area (Å²) in [6, 6.07) is 0. The first kappa shape index (κ1) is 13.7. The average molecular weight is 250 g/mol. The molecule has 0 radical (unpaired) electrons. The fourth-order valence-electron chi connectivity index (χ4n) is 1.93. The van der Waals surface area contributed by atoms with Crippen LogP contribution in [0.3, 0.4) is 0 Å². The SMILES string of the molecule is CCOC1CN(C(=O)CCCl)CC1OCC. The first-order valence-electron chi connectivity index (χ1n) is 5.79. The summed E-state index contributed by atoms with van der Waals surface area (Å²) in [6.07, 6.45) is 0.396. The van der Waals surface area contributed by atoms with E-state index in [0.717, 1.165) is 0 Å². The topological polar surface area (TPSA) is 38.8 Å². The van der Waals surface area contributed by atoms with Gasteiger partial charge in [0.05, 0.1) is 0 Å². The lowest BCUT2D eigenvalue weighted by Gasteiger charge is -2.17. The second-order valence-electron chi connectivity index (χ2n) is 3.73. The molecule has 0 bridgehead atoms. The van der Waals surface area contributed by atoms with Gasteiger partial charge < -0.3 is 14.4 Å². The van der Waals surface area contributed by atoms with Gasteiger partial charge in [-0.15, -0.1) is 11.6 Å². The summed E-state index contributed by atoms with van der Waals surface area (Å²) in [5.74, 6) is 0.454. The summed E-state index contributed by atoms with van der Waals surface area (Å²) in [5, 5.41) is 0. The van der Waals surface area contributed by atoms with Crippen LogP contribution in [0.5, 0.6) is 0 Å². The summed E-state index contributed by atoms with van der Waals surface area (Å²) >= 11 is 5.56. The second-order valence-corrected chi connectivity index (χ2v) is 4.10. The van der Waals surface area contributed by atoms with Crippen molar-refractivity contribution in [1.82, 2.24) is 4.90 Å². The number of nitrogens with zero attached hydrogens (tertiary/aromatic N) is 1. The number of amides is 1. The third kappa shape index (κ3) is 3.61. The van der Waals surface area contributed by atoms with Crippen molar-refractivity contribution >= 4 is 17.5 Å². The lowest BCUT2D eigenvalue weighted by molar-refractivity contribution is -0.130. The number of carbonyl (C=O) groups excluding carboxylic acids is 1. The smallest absolute Gasteiger partial charge is 0.223 e. The van der Waals surface area contributed by atoms with Crippen LogP contribution in [0.15, 0.2) is 0 Å². The van der Waals surface area contributed by atoms with Crippen LogP contribution in [0.25, 0.3) is 0 Å². The maximum atomic E-state index is 11.7. The molecule has 1 amide bonds. The van der Waals surface area contributed by atoms with Gasteiger partial charge >= 0.3 is 0 Å². The van der Waals surface area contributed by atoms with Crippen molar-refractivity contribution in [2.45, 2.75) is 32.5 Å². The minimum absolute atomic E-state index is 0.00391. The third-order valence-corrected chi connectivity index (χ3v) is 2.83. The molecule has 2 atom stereocenters. The number of rotatable bonds is 6. The van der Waals surface area contributed by atoms with Crippen molar-refractivity contribution in [3.8, 4) is 0 Å². The zero-order chi connectivity index (χ0) is 12.0. The minimum Gasteiger partial charge on any atom is -0.374 e. The molecule has 0 spiro atoms. The number of likely N-dealkylation sites (tertiary alicyclic amines) is 1. The Kier molecular flexibility index (Phi) is 6.09. The Labute approximate surface area is 102 Å². The summed E-state index contributed by atoms with van der Waals surface area (Å²) in [7, 11) is 0. The molecule has 1 fully saturated rings. The van der Waals surface area contributed by atoms with Gasteiger partial charge in [-0.3, -0.25) is 4.79 Å².